The lowest BCUT2D eigenvalue weighted by Gasteiger charge is -2.12. The first-order valence-electron chi connectivity index (χ1n) is 7.50. The van der Waals surface area contributed by atoms with E-state index in [1.807, 2.05) is 12.1 Å². The minimum Gasteiger partial charge on any atom is -0.324 e. The van der Waals surface area contributed by atoms with Gasteiger partial charge in [-0.05, 0) is 24.1 Å². The molecule has 0 amide bonds. The maximum absolute atomic E-state index is 11.4. The van der Waals surface area contributed by atoms with Gasteiger partial charge < -0.3 is 5.73 Å². The summed E-state index contributed by atoms with van der Waals surface area (Å²) < 4.78 is 22.8. The highest BCUT2D eigenvalue weighted by Crippen LogP contribution is 2.20. The summed E-state index contributed by atoms with van der Waals surface area (Å²) in [6, 6.07) is 6.96. The highest BCUT2D eigenvalue weighted by atomic mass is 32.2. The van der Waals surface area contributed by atoms with Crippen LogP contribution >= 0.6 is 0 Å². The van der Waals surface area contributed by atoms with E-state index in [9.17, 15) is 8.42 Å². The number of hydrogen-bond donors (Lipinski definition) is 1. The van der Waals surface area contributed by atoms with Crippen molar-refractivity contribution in [3.8, 4) is 0 Å². The van der Waals surface area contributed by atoms with Gasteiger partial charge in [0.2, 0.25) is 0 Å². The largest absolute Gasteiger partial charge is 0.324 e. The molecule has 4 heteroatoms. The Labute approximate surface area is 123 Å². The quantitative estimate of drug-likeness (QED) is 0.704. The lowest BCUT2D eigenvalue weighted by Crippen LogP contribution is -2.10. The van der Waals surface area contributed by atoms with Crippen LogP contribution in [-0.4, -0.2) is 14.7 Å². The van der Waals surface area contributed by atoms with Gasteiger partial charge in [-0.25, -0.2) is 8.42 Å². The van der Waals surface area contributed by atoms with Crippen LogP contribution in [0.1, 0.15) is 63.5 Å². The minimum atomic E-state index is -3.12. The van der Waals surface area contributed by atoms with Crippen molar-refractivity contribution in [2.75, 3.05) is 6.26 Å². The second-order valence-corrected chi connectivity index (χ2v) is 7.52. The molecule has 1 aromatic carbocycles. The molecule has 0 bridgehead atoms. The number of nitrogens with two attached hydrogens (primary N) is 1. The molecule has 0 aromatic heterocycles. The van der Waals surface area contributed by atoms with Crippen molar-refractivity contribution in [2.24, 2.45) is 5.73 Å². The van der Waals surface area contributed by atoms with Crippen molar-refractivity contribution in [1.82, 2.24) is 0 Å². The van der Waals surface area contributed by atoms with Crippen LogP contribution in [0.25, 0.3) is 0 Å². The predicted octanol–water partition coefficient (Wildman–Crippen LogP) is 3.84. The maximum atomic E-state index is 11.4. The zero-order valence-corrected chi connectivity index (χ0v) is 13.5. The van der Waals surface area contributed by atoms with Gasteiger partial charge in [-0.2, -0.15) is 0 Å². The highest BCUT2D eigenvalue weighted by Gasteiger charge is 2.09. The van der Waals surface area contributed by atoms with Crippen molar-refractivity contribution in [3.05, 3.63) is 29.8 Å². The normalized spacial score (nSPS) is 13.3. The minimum absolute atomic E-state index is 0.00906. The van der Waals surface area contributed by atoms with E-state index in [1.165, 1.54) is 38.4 Å². The molecule has 0 aliphatic rings. The molecule has 0 saturated carbocycles. The Morgan fingerprint density at radius 2 is 1.55 bits per heavy atom. The summed E-state index contributed by atoms with van der Waals surface area (Å²) in [4.78, 5) is 0.355. The van der Waals surface area contributed by atoms with Crippen LogP contribution in [0.4, 0.5) is 0 Å². The van der Waals surface area contributed by atoms with Gasteiger partial charge in [0.15, 0.2) is 9.84 Å². The van der Waals surface area contributed by atoms with Crippen LogP contribution in [0, 0.1) is 0 Å². The SMILES string of the molecule is CCCCCCCCC(N)c1ccc(S(C)(=O)=O)cc1. The molecule has 0 radical (unpaired) electrons. The van der Waals surface area contributed by atoms with Gasteiger partial charge >= 0.3 is 0 Å². The third-order valence-corrected chi connectivity index (χ3v) is 4.73. The molecule has 1 rings (SSSR count). The first kappa shape index (κ1) is 17.2. The molecule has 1 unspecified atom stereocenters. The van der Waals surface area contributed by atoms with Crippen LogP contribution in [0.15, 0.2) is 29.2 Å². The molecule has 1 aromatic rings. The van der Waals surface area contributed by atoms with Crippen LogP contribution in [-0.2, 0) is 9.84 Å². The van der Waals surface area contributed by atoms with Crippen LogP contribution in [0.5, 0.6) is 0 Å². The molecule has 20 heavy (non-hydrogen) atoms. The summed E-state index contributed by atoms with van der Waals surface area (Å²) in [5.41, 5.74) is 7.16. The Morgan fingerprint density at radius 1 is 1.00 bits per heavy atom. The fourth-order valence-electron chi connectivity index (χ4n) is 2.27. The highest BCUT2D eigenvalue weighted by molar-refractivity contribution is 7.90. The Bertz CT molecular complexity index is 480. The van der Waals surface area contributed by atoms with Gasteiger partial charge in [0.25, 0.3) is 0 Å². The van der Waals surface area contributed by atoms with Crippen molar-refractivity contribution in [1.29, 1.82) is 0 Å². The van der Waals surface area contributed by atoms with E-state index in [1.54, 1.807) is 12.1 Å². The first-order valence-corrected chi connectivity index (χ1v) is 9.40. The van der Waals surface area contributed by atoms with Gasteiger partial charge in [-0.3, -0.25) is 0 Å². The monoisotopic (exact) mass is 297 g/mol. The fourth-order valence-corrected chi connectivity index (χ4v) is 2.90. The van der Waals surface area contributed by atoms with E-state index in [-0.39, 0.29) is 6.04 Å². The molecule has 0 heterocycles. The van der Waals surface area contributed by atoms with E-state index in [0.717, 1.165) is 18.4 Å². The summed E-state index contributed by atoms with van der Waals surface area (Å²) in [6.07, 6.45) is 9.74. The van der Waals surface area contributed by atoms with Crippen LogP contribution < -0.4 is 5.73 Å². The number of hydrogen-bond acceptors (Lipinski definition) is 3. The van der Waals surface area contributed by atoms with Crippen LogP contribution in [0.2, 0.25) is 0 Å². The Balaban J connectivity index is 2.38. The molecule has 0 aliphatic heterocycles. The Morgan fingerprint density at radius 3 is 2.10 bits per heavy atom. The molecule has 0 spiro atoms. The molecule has 1 atom stereocenters. The van der Waals surface area contributed by atoms with E-state index >= 15 is 0 Å². The van der Waals surface area contributed by atoms with E-state index in [4.69, 9.17) is 5.73 Å². The topological polar surface area (TPSA) is 60.2 Å². The summed E-state index contributed by atoms with van der Waals surface area (Å²) >= 11 is 0. The summed E-state index contributed by atoms with van der Waals surface area (Å²) in [5.74, 6) is 0. The lowest BCUT2D eigenvalue weighted by molar-refractivity contribution is 0.547. The maximum Gasteiger partial charge on any atom is 0.175 e. The van der Waals surface area contributed by atoms with E-state index < -0.39 is 9.84 Å². The Kier molecular flexibility index (Phi) is 7.24. The molecule has 114 valence electrons. The number of rotatable bonds is 9. The van der Waals surface area contributed by atoms with Crippen molar-refractivity contribution in [3.63, 3.8) is 0 Å². The second kappa shape index (κ2) is 8.42. The Hall–Kier alpha value is -0.870. The zero-order chi connectivity index (χ0) is 15.0. The molecule has 2 N–H and O–H groups in total. The predicted molar refractivity (Wildman–Crippen MR) is 84.5 cm³/mol. The summed E-state index contributed by atoms with van der Waals surface area (Å²) in [5, 5.41) is 0. The van der Waals surface area contributed by atoms with Gasteiger partial charge in [-0.15, -0.1) is 0 Å². The molecule has 0 fully saturated rings. The third kappa shape index (κ3) is 6.06. The first-order chi connectivity index (χ1) is 9.45. The zero-order valence-electron chi connectivity index (χ0n) is 12.6. The summed E-state index contributed by atoms with van der Waals surface area (Å²) in [6.45, 7) is 2.22. The van der Waals surface area contributed by atoms with Crippen molar-refractivity contribution in [2.45, 2.75) is 62.8 Å². The number of unbranched alkanes of at least 4 members (excludes halogenated alkanes) is 5. The van der Waals surface area contributed by atoms with Gasteiger partial charge in [0.05, 0.1) is 4.90 Å². The average Bonchev–Trinajstić information content (AvgIpc) is 2.41. The van der Waals surface area contributed by atoms with Gasteiger partial charge in [0.1, 0.15) is 0 Å². The summed E-state index contributed by atoms with van der Waals surface area (Å²) in [7, 11) is -3.12. The molecule has 0 saturated heterocycles. The molecule has 0 aliphatic carbocycles. The lowest BCUT2D eigenvalue weighted by atomic mass is 10.0. The average molecular weight is 297 g/mol. The number of sulfone groups is 1. The van der Waals surface area contributed by atoms with E-state index in [2.05, 4.69) is 6.92 Å². The fraction of sp³-hybridized carbons (Fsp3) is 0.625. The molecular weight excluding hydrogens is 270 g/mol. The smallest absolute Gasteiger partial charge is 0.175 e. The van der Waals surface area contributed by atoms with Gasteiger partial charge in [-0.1, -0.05) is 57.6 Å². The van der Waals surface area contributed by atoms with Crippen LogP contribution in [0.3, 0.4) is 0 Å². The molecule has 3 nitrogen and oxygen atoms in total. The third-order valence-electron chi connectivity index (χ3n) is 3.61. The molecular formula is C16H27NO2S. The van der Waals surface area contributed by atoms with Crippen molar-refractivity contribution < 1.29 is 8.42 Å². The standard InChI is InChI=1S/C16H27NO2S/c1-3-4-5-6-7-8-9-16(17)14-10-12-15(13-11-14)20(2,18)19/h10-13,16H,3-9,17H2,1-2H3. The van der Waals surface area contributed by atoms with Crippen molar-refractivity contribution >= 4 is 9.84 Å². The van der Waals surface area contributed by atoms with E-state index in [0.29, 0.717) is 4.90 Å². The number of benzene rings is 1. The second-order valence-electron chi connectivity index (χ2n) is 5.50. The van der Waals surface area contributed by atoms with Gasteiger partial charge in [0, 0.05) is 12.3 Å².